The smallest absolute Gasteiger partial charge is 0.315 e. The second-order valence-electron chi connectivity index (χ2n) is 7.13. The lowest BCUT2D eigenvalue weighted by Gasteiger charge is -2.16. The molecule has 2 aliphatic heterocycles. The molecule has 0 aromatic carbocycles. The number of carbonyl (C=O) groups excluding carboxylic acids is 3. The molecule has 0 aromatic rings. The number of nitrogens with one attached hydrogen (secondary N) is 4. The first-order valence-corrected chi connectivity index (χ1v) is 11.0. The molecule has 0 spiro atoms. The maximum atomic E-state index is 11.9. The van der Waals surface area contributed by atoms with Gasteiger partial charge in [-0.2, -0.15) is 11.8 Å². The zero-order valence-corrected chi connectivity index (χ0v) is 16.7. The monoisotopic (exact) mass is 396 g/mol. The lowest BCUT2D eigenvalue weighted by atomic mass is 10.0. The number of thioether (sulfide) groups is 1. The molecule has 27 heavy (non-hydrogen) atoms. The predicted molar refractivity (Wildman–Crippen MR) is 109 cm³/mol. The standard InChI is InChI=1S/C19H32N4O3S/c1-2-16(24)20-11-7-3-4-8-12-21-17(25)10-6-5-9-15-18-14(13-27-15)22-19(26)23-18/h2,14-15,18H,1,3-13H2,(H,20,24)(H,21,25)(H2,22,23,26). The normalized spacial score (nSPS) is 23.3. The Morgan fingerprint density at radius 3 is 2.56 bits per heavy atom. The summed E-state index contributed by atoms with van der Waals surface area (Å²) in [6.07, 6.45) is 8.81. The fourth-order valence-corrected chi connectivity index (χ4v) is 5.02. The third-order valence-corrected chi connectivity index (χ3v) is 6.50. The SMILES string of the molecule is C=CC(=O)NCCCCCCNC(=O)CCCCC1SCC2NC(=O)NC21. The third kappa shape index (κ3) is 7.82. The van der Waals surface area contributed by atoms with E-state index in [1.807, 2.05) is 11.8 Å². The Bertz CT molecular complexity index is 529. The van der Waals surface area contributed by atoms with E-state index < -0.39 is 0 Å². The van der Waals surface area contributed by atoms with Gasteiger partial charge in [-0.15, -0.1) is 0 Å². The number of urea groups is 1. The van der Waals surface area contributed by atoms with Gasteiger partial charge in [-0.1, -0.05) is 25.8 Å². The van der Waals surface area contributed by atoms with Crippen LogP contribution in [-0.4, -0.2) is 54.0 Å². The van der Waals surface area contributed by atoms with Crippen LogP contribution >= 0.6 is 11.8 Å². The molecular formula is C19H32N4O3S. The summed E-state index contributed by atoms with van der Waals surface area (Å²) < 4.78 is 0. The summed E-state index contributed by atoms with van der Waals surface area (Å²) in [6.45, 7) is 4.81. The van der Waals surface area contributed by atoms with Crippen LogP contribution < -0.4 is 21.3 Å². The molecule has 2 saturated heterocycles. The van der Waals surface area contributed by atoms with Crippen LogP contribution in [0, 0.1) is 0 Å². The van der Waals surface area contributed by atoms with Crippen LogP contribution in [0.1, 0.15) is 51.4 Å². The van der Waals surface area contributed by atoms with Gasteiger partial charge in [0.15, 0.2) is 0 Å². The molecule has 4 amide bonds. The lowest BCUT2D eigenvalue weighted by molar-refractivity contribution is -0.121. The van der Waals surface area contributed by atoms with Crippen molar-refractivity contribution in [3.8, 4) is 0 Å². The Labute approximate surface area is 165 Å². The summed E-state index contributed by atoms with van der Waals surface area (Å²) in [5.41, 5.74) is 0. The molecule has 3 unspecified atom stereocenters. The first-order valence-electron chi connectivity index (χ1n) is 9.95. The van der Waals surface area contributed by atoms with Crippen molar-refractivity contribution >= 4 is 29.6 Å². The van der Waals surface area contributed by atoms with Gasteiger partial charge in [0.25, 0.3) is 0 Å². The molecule has 0 saturated carbocycles. The summed E-state index contributed by atoms with van der Waals surface area (Å²) in [4.78, 5) is 34.2. The van der Waals surface area contributed by atoms with E-state index in [1.165, 1.54) is 6.08 Å². The Morgan fingerprint density at radius 1 is 1.07 bits per heavy atom. The van der Waals surface area contributed by atoms with Gasteiger partial charge in [0, 0.05) is 30.5 Å². The van der Waals surface area contributed by atoms with Crippen LogP contribution in [-0.2, 0) is 9.59 Å². The van der Waals surface area contributed by atoms with E-state index in [9.17, 15) is 14.4 Å². The average molecular weight is 397 g/mol. The van der Waals surface area contributed by atoms with Crippen LogP contribution in [0.5, 0.6) is 0 Å². The lowest BCUT2D eigenvalue weighted by Crippen LogP contribution is -2.36. The molecule has 8 heteroatoms. The van der Waals surface area contributed by atoms with Gasteiger partial charge in [-0.05, 0) is 31.8 Å². The molecule has 2 rings (SSSR count). The Hall–Kier alpha value is -1.70. The number of fused-ring (bicyclic) bond motifs is 1. The van der Waals surface area contributed by atoms with E-state index in [1.54, 1.807) is 0 Å². The first-order chi connectivity index (χ1) is 13.1. The summed E-state index contributed by atoms with van der Waals surface area (Å²) >= 11 is 1.92. The molecular weight excluding hydrogens is 364 g/mol. The zero-order valence-electron chi connectivity index (χ0n) is 15.9. The van der Waals surface area contributed by atoms with Gasteiger partial charge in [-0.25, -0.2) is 4.79 Å². The first kappa shape index (κ1) is 21.6. The third-order valence-electron chi connectivity index (χ3n) is 4.99. The van der Waals surface area contributed by atoms with Crippen LogP contribution in [0.4, 0.5) is 4.79 Å². The van der Waals surface area contributed by atoms with Crippen molar-refractivity contribution in [2.24, 2.45) is 0 Å². The van der Waals surface area contributed by atoms with Gasteiger partial charge in [-0.3, -0.25) is 9.59 Å². The highest BCUT2D eigenvalue weighted by atomic mass is 32.2. The largest absolute Gasteiger partial charge is 0.356 e. The molecule has 3 atom stereocenters. The molecule has 7 nitrogen and oxygen atoms in total. The average Bonchev–Trinajstić information content (AvgIpc) is 3.20. The summed E-state index contributed by atoms with van der Waals surface area (Å²) in [7, 11) is 0. The van der Waals surface area contributed by atoms with E-state index >= 15 is 0 Å². The van der Waals surface area contributed by atoms with Gasteiger partial charge in [0.1, 0.15) is 0 Å². The number of hydrogen-bond acceptors (Lipinski definition) is 4. The number of rotatable bonds is 13. The number of unbranched alkanes of at least 4 members (excludes halogenated alkanes) is 4. The van der Waals surface area contributed by atoms with Gasteiger partial charge >= 0.3 is 6.03 Å². The van der Waals surface area contributed by atoms with Crippen molar-refractivity contribution < 1.29 is 14.4 Å². The molecule has 2 fully saturated rings. The molecule has 4 N–H and O–H groups in total. The van der Waals surface area contributed by atoms with E-state index in [-0.39, 0.29) is 29.9 Å². The van der Waals surface area contributed by atoms with Crippen molar-refractivity contribution in [1.82, 2.24) is 21.3 Å². The van der Waals surface area contributed by atoms with E-state index in [2.05, 4.69) is 27.8 Å². The maximum absolute atomic E-state index is 11.9. The summed E-state index contributed by atoms with van der Waals surface area (Å²) in [5.74, 6) is 0.981. The van der Waals surface area contributed by atoms with E-state index in [4.69, 9.17) is 0 Å². The number of amides is 4. The molecule has 2 heterocycles. The number of carbonyl (C=O) groups is 3. The molecule has 0 bridgehead atoms. The highest BCUT2D eigenvalue weighted by molar-refractivity contribution is 8.00. The van der Waals surface area contributed by atoms with Crippen molar-refractivity contribution in [3.63, 3.8) is 0 Å². The van der Waals surface area contributed by atoms with Crippen molar-refractivity contribution in [2.45, 2.75) is 68.7 Å². The van der Waals surface area contributed by atoms with Crippen molar-refractivity contribution in [1.29, 1.82) is 0 Å². The van der Waals surface area contributed by atoms with Gasteiger partial charge in [0.2, 0.25) is 11.8 Å². The van der Waals surface area contributed by atoms with Crippen LogP contribution in [0.2, 0.25) is 0 Å². The highest BCUT2D eigenvalue weighted by Crippen LogP contribution is 2.33. The minimum absolute atomic E-state index is 0.0452. The Morgan fingerprint density at radius 2 is 1.81 bits per heavy atom. The second-order valence-corrected chi connectivity index (χ2v) is 8.40. The fraction of sp³-hybridized carbons (Fsp3) is 0.737. The van der Waals surface area contributed by atoms with Gasteiger partial charge in [0.05, 0.1) is 12.1 Å². The Kier molecular flexibility index (Phi) is 9.52. The molecule has 0 radical (unpaired) electrons. The molecule has 0 aliphatic carbocycles. The van der Waals surface area contributed by atoms with Crippen LogP contribution in [0.3, 0.4) is 0 Å². The summed E-state index contributed by atoms with van der Waals surface area (Å²) in [5, 5.41) is 12.1. The molecule has 0 aromatic heterocycles. The van der Waals surface area contributed by atoms with E-state index in [0.29, 0.717) is 18.2 Å². The molecule has 2 aliphatic rings. The van der Waals surface area contributed by atoms with Crippen LogP contribution in [0.25, 0.3) is 0 Å². The van der Waals surface area contributed by atoms with Crippen molar-refractivity contribution in [2.75, 3.05) is 18.8 Å². The Balaban J connectivity index is 1.39. The van der Waals surface area contributed by atoms with E-state index in [0.717, 1.165) is 57.2 Å². The van der Waals surface area contributed by atoms with Crippen LogP contribution in [0.15, 0.2) is 12.7 Å². The fourth-order valence-electron chi connectivity index (χ4n) is 3.48. The quantitative estimate of drug-likeness (QED) is 0.216. The zero-order chi connectivity index (χ0) is 19.5. The highest BCUT2D eigenvalue weighted by Gasteiger charge is 2.42. The van der Waals surface area contributed by atoms with Crippen molar-refractivity contribution in [3.05, 3.63) is 12.7 Å². The predicted octanol–water partition coefficient (Wildman–Crippen LogP) is 1.69. The van der Waals surface area contributed by atoms with Gasteiger partial charge < -0.3 is 21.3 Å². The second kappa shape index (κ2) is 11.9. The minimum Gasteiger partial charge on any atom is -0.356 e. The molecule has 152 valence electrons. The summed E-state index contributed by atoms with van der Waals surface area (Å²) in [6, 6.07) is 0.478. The topological polar surface area (TPSA) is 99.3 Å². The maximum Gasteiger partial charge on any atom is 0.315 e. The minimum atomic E-state index is -0.127. The number of hydrogen-bond donors (Lipinski definition) is 4.